The van der Waals surface area contributed by atoms with Crippen LogP contribution in [0.4, 0.5) is 5.69 Å². The van der Waals surface area contributed by atoms with Gasteiger partial charge in [0.15, 0.2) is 6.61 Å². The van der Waals surface area contributed by atoms with Crippen LogP contribution in [0.1, 0.15) is 10.4 Å². The summed E-state index contributed by atoms with van der Waals surface area (Å²) in [7, 11) is 1.44. The molecule has 8 heteroatoms. The number of methoxy groups -OCH3 is 1. The number of primary amides is 1. The van der Waals surface area contributed by atoms with Crippen molar-refractivity contribution in [3.05, 3.63) is 54.1 Å². The summed E-state index contributed by atoms with van der Waals surface area (Å²) < 4.78 is 10.1. The first kappa shape index (κ1) is 19.3. The van der Waals surface area contributed by atoms with Gasteiger partial charge >= 0.3 is 5.97 Å². The van der Waals surface area contributed by atoms with Gasteiger partial charge < -0.3 is 20.5 Å². The molecule has 0 radical (unpaired) electrons. The highest BCUT2D eigenvalue weighted by atomic mass is 32.2. The SMILES string of the molecule is COc1ccccc1C(=O)OCC(=O)Nc1ccccc1SCC(N)=O. The van der Waals surface area contributed by atoms with E-state index in [1.54, 1.807) is 48.5 Å². The van der Waals surface area contributed by atoms with Crippen molar-refractivity contribution in [2.75, 3.05) is 24.8 Å². The van der Waals surface area contributed by atoms with Gasteiger partial charge in [0.05, 0.1) is 18.6 Å². The molecular weight excluding hydrogens is 356 g/mol. The molecule has 0 unspecified atom stereocenters. The predicted octanol–water partition coefficient (Wildman–Crippen LogP) is 2.07. The van der Waals surface area contributed by atoms with Crippen molar-refractivity contribution < 1.29 is 23.9 Å². The van der Waals surface area contributed by atoms with Crippen LogP contribution >= 0.6 is 11.8 Å². The lowest BCUT2D eigenvalue weighted by Crippen LogP contribution is -2.21. The Hall–Kier alpha value is -3.00. The Morgan fingerprint density at radius 1 is 1.08 bits per heavy atom. The average Bonchev–Trinajstić information content (AvgIpc) is 2.65. The number of anilines is 1. The van der Waals surface area contributed by atoms with Crippen molar-refractivity contribution in [3.8, 4) is 5.75 Å². The van der Waals surface area contributed by atoms with E-state index >= 15 is 0 Å². The number of hydrogen-bond acceptors (Lipinski definition) is 6. The minimum absolute atomic E-state index is 0.0929. The highest BCUT2D eigenvalue weighted by molar-refractivity contribution is 8.00. The molecule has 0 aliphatic rings. The standard InChI is InChI=1S/C18H18N2O5S/c1-24-14-8-4-2-6-12(14)18(23)25-10-17(22)20-13-7-3-5-9-15(13)26-11-16(19)21/h2-9H,10-11H2,1H3,(H2,19,21)(H,20,22). The number of thioether (sulfide) groups is 1. The summed E-state index contributed by atoms with van der Waals surface area (Å²) in [6.07, 6.45) is 0. The number of esters is 1. The molecule has 0 aliphatic carbocycles. The maximum absolute atomic E-state index is 12.1. The molecule has 26 heavy (non-hydrogen) atoms. The number of amides is 2. The molecule has 0 bridgehead atoms. The minimum atomic E-state index is -0.658. The topological polar surface area (TPSA) is 108 Å². The lowest BCUT2D eigenvalue weighted by atomic mass is 10.2. The minimum Gasteiger partial charge on any atom is -0.496 e. The van der Waals surface area contributed by atoms with E-state index in [2.05, 4.69) is 5.32 Å². The lowest BCUT2D eigenvalue weighted by Gasteiger charge is -2.11. The van der Waals surface area contributed by atoms with Crippen LogP contribution in [0.3, 0.4) is 0 Å². The summed E-state index contributed by atoms with van der Waals surface area (Å²) >= 11 is 1.21. The molecule has 0 aromatic heterocycles. The van der Waals surface area contributed by atoms with Crippen LogP contribution in [-0.4, -0.2) is 37.3 Å². The molecule has 2 amide bonds. The van der Waals surface area contributed by atoms with Gasteiger partial charge in [0.2, 0.25) is 5.91 Å². The molecule has 0 heterocycles. The maximum atomic E-state index is 12.1. The van der Waals surface area contributed by atoms with Crippen LogP contribution in [0.15, 0.2) is 53.4 Å². The molecule has 0 spiro atoms. The zero-order valence-electron chi connectivity index (χ0n) is 14.1. The van der Waals surface area contributed by atoms with Gasteiger partial charge in [-0.15, -0.1) is 11.8 Å². The van der Waals surface area contributed by atoms with E-state index < -0.39 is 24.4 Å². The number of hydrogen-bond donors (Lipinski definition) is 2. The van der Waals surface area contributed by atoms with Crippen molar-refractivity contribution in [2.45, 2.75) is 4.90 Å². The normalized spacial score (nSPS) is 10.0. The fraction of sp³-hybridized carbons (Fsp3) is 0.167. The highest BCUT2D eigenvalue weighted by Gasteiger charge is 2.15. The van der Waals surface area contributed by atoms with Crippen molar-refractivity contribution in [2.24, 2.45) is 5.73 Å². The molecule has 0 saturated carbocycles. The number of nitrogens with one attached hydrogen (secondary N) is 1. The third-order valence-electron chi connectivity index (χ3n) is 3.19. The Labute approximate surface area is 154 Å². The molecule has 2 aromatic rings. The van der Waals surface area contributed by atoms with E-state index in [-0.39, 0.29) is 11.3 Å². The molecule has 2 aromatic carbocycles. The van der Waals surface area contributed by atoms with Crippen molar-refractivity contribution in [3.63, 3.8) is 0 Å². The second kappa shape index (κ2) is 9.47. The number of benzene rings is 2. The van der Waals surface area contributed by atoms with Crippen LogP contribution in [-0.2, 0) is 14.3 Å². The van der Waals surface area contributed by atoms with Gasteiger partial charge in [-0.05, 0) is 24.3 Å². The van der Waals surface area contributed by atoms with E-state index in [0.29, 0.717) is 16.3 Å². The Morgan fingerprint density at radius 2 is 1.77 bits per heavy atom. The molecule has 0 aliphatic heterocycles. The first-order valence-corrected chi connectivity index (χ1v) is 8.60. The van der Waals surface area contributed by atoms with Crippen molar-refractivity contribution in [1.82, 2.24) is 0 Å². The number of carbonyl (C=O) groups excluding carboxylic acids is 3. The second-order valence-electron chi connectivity index (χ2n) is 5.08. The van der Waals surface area contributed by atoms with E-state index in [9.17, 15) is 14.4 Å². The average molecular weight is 374 g/mol. The van der Waals surface area contributed by atoms with Gasteiger partial charge in [0.1, 0.15) is 11.3 Å². The fourth-order valence-electron chi connectivity index (χ4n) is 2.05. The Kier molecular flexibility index (Phi) is 7.04. The quantitative estimate of drug-likeness (QED) is 0.541. The van der Waals surface area contributed by atoms with Crippen LogP contribution in [0.25, 0.3) is 0 Å². The predicted molar refractivity (Wildman–Crippen MR) is 98.3 cm³/mol. The van der Waals surface area contributed by atoms with Crippen molar-refractivity contribution >= 4 is 35.2 Å². The first-order chi connectivity index (χ1) is 12.5. The summed E-state index contributed by atoms with van der Waals surface area (Å²) in [6.45, 7) is -0.453. The zero-order chi connectivity index (χ0) is 18.9. The van der Waals surface area contributed by atoms with E-state index in [1.165, 1.54) is 18.9 Å². The monoisotopic (exact) mass is 374 g/mol. The Bertz CT molecular complexity index is 810. The fourth-order valence-corrected chi connectivity index (χ4v) is 2.80. The van der Waals surface area contributed by atoms with Gasteiger partial charge in [0, 0.05) is 4.90 Å². The summed E-state index contributed by atoms with van der Waals surface area (Å²) in [5, 5.41) is 2.65. The van der Waals surface area contributed by atoms with Crippen LogP contribution in [0, 0.1) is 0 Å². The number of carbonyl (C=O) groups is 3. The molecule has 2 rings (SSSR count). The smallest absolute Gasteiger partial charge is 0.342 e. The Morgan fingerprint density at radius 3 is 2.50 bits per heavy atom. The molecule has 0 saturated heterocycles. The van der Waals surface area contributed by atoms with Gasteiger partial charge in [-0.3, -0.25) is 9.59 Å². The van der Waals surface area contributed by atoms with E-state index in [1.807, 2.05) is 0 Å². The third-order valence-corrected chi connectivity index (χ3v) is 4.29. The number of nitrogens with two attached hydrogens (primary N) is 1. The van der Waals surface area contributed by atoms with Crippen LogP contribution in [0.5, 0.6) is 5.75 Å². The molecular formula is C18H18N2O5S. The van der Waals surface area contributed by atoms with Gasteiger partial charge in [0.25, 0.3) is 5.91 Å². The second-order valence-corrected chi connectivity index (χ2v) is 6.09. The molecule has 7 nitrogen and oxygen atoms in total. The van der Waals surface area contributed by atoms with E-state index in [4.69, 9.17) is 15.2 Å². The number of para-hydroxylation sites is 2. The van der Waals surface area contributed by atoms with Crippen LogP contribution in [0.2, 0.25) is 0 Å². The van der Waals surface area contributed by atoms with Gasteiger partial charge in [-0.1, -0.05) is 24.3 Å². The lowest BCUT2D eigenvalue weighted by molar-refractivity contribution is -0.119. The summed E-state index contributed by atoms with van der Waals surface area (Å²) in [5.74, 6) is -1.15. The van der Waals surface area contributed by atoms with Crippen molar-refractivity contribution in [1.29, 1.82) is 0 Å². The van der Waals surface area contributed by atoms with Crippen LogP contribution < -0.4 is 15.8 Å². The molecule has 0 fully saturated rings. The summed E-state index contributed by atoms with van der Waals surface area (Å²) in [4.78, 5) is 35.8. The molecule has 136 valence electrons. The number of ether oxygens (including phenoxy) is 2. The Balaban J connectivity index is 1.95. The first-order valence-electron chi connectivity index (χ1n) is 7.61. The largest absolute Gasteiger partial charge is 0.496 e. The zero-order valence-corrected chi connectivity index (χ0v) is 14.9. The molecule has 3 N–H and O–H groups in total. The van der Waals surface area contributed by atoms with Gasteiger partial charge in [-0.2, -0.15) is 0 Å². The summed E-state index contributed by atoms with van der Waals surface area (Å²) in [5.41, 5.74) is 5.88. The third kappa shape index (κ3) is 5.52. The van der Waals surface area contributed by atoms with Gasteiger partial charge in [-0.25, -0.2) is 4.79 Å². The van der Waals surface area contributed by atoms with E-state index in [0.717, 1.165) is 0 Å². The number of rotatable bonds is 8. The maximum Gasteiger partial charge on any atom is 0.342 e. The molecule has 0 atom stereocenters. The highest BCUT2D eigenvalue weighted by Crippen LogP contribution is 2.26. The summed E-state index contributed by atoms with van der Waals surface area (Å²) in [6, 6.07) is 13.5.